The predicted octanol–water partition coefficient (Wildman–Crippen LogP) is 1.02. The summed E-state index contributed by atoms with van der Waals surface area (Å²) in [4.78, 5) is 4.03. The van der Waals surface area contributed by atoms with E-state index in [1.165, 1.54) is 5.57 Å². The van der Waals surface area contributed by atoms with Crippen LogP contribution in [-0.2, 0) is 0 Å². The highest BCUT2D eigenvalue weighted by atomic mass is 14.7. The standard InChI is InChI=1S/C9H10N2/c10-9-3-1-2-7-6-11-5-4-8(7)9/h1-6,8-9H,10H2. The molecule has 0 bridgehead atoms. The van der Waals surface area contributed by atoms with Gasteiger partial charge in [-0.2, -0.15) is 0 Å². The highest BCUT2D eigenvalue weighted by molar-refractivity contribution is 5.82. The second kappa shape index (κ2) is 2.47. The zero-order chi connectivity index (χ0) is 7.68. The molecule has 2 atom stereocenters. The molecule has 0 saturated heterocycles. The smallest absolute Gasteiger partial charge is 0.0333 e. The maximum absolute atomic E-state index is 5.85. The van der Waals surface area contributed by atoms with E-state index in [0.717, 1.165) is 0 Å². The number of nitrogens with zero attached hydrogens (tertiary/aromatic N) is 1. The fraction of sp³-hybridized carbons (Fsp3) is 0.222. The van der Waals surface area contributed by atoms with E-state index < -0.39 is 0 Å². The van der Waals surface area contributed by atoms with Crippen LogP contribution in [0.1, 0.15) is 0 Å². The van der Waals surface area contributed by atoms with Crippen molar-refractivity contribution in [1.29, 1.82) is 0 Å². The van der Waals surface area contributed by atoms with Crippen LogP contribution in [0.5, 0.6) is 0 Å². The molecular formula is C9H10N2. The molecule has 56 valence electrons. The van der Waals surface area contributed by atoms with Gasteiger partial charge in [0, 0.05) is 24.4 Å². The van der Waals surface area contributed by atoms with Gasteiger partial charge >= 0.3 is 0 Å². The first-order valence-electron chi connectivity index (χ1n) is 3.72. The molecule has 1 heterocycles. The van der Waals surface area contributed by atoms with Crippen molar-refractivity contribution in [2.75, 3.05) is 0 Å². The molecule has 0 fully saturated rings. The number of hydrogen-bond donors (Lipinski definition) is 1. The summed E-state index contributed by atoms with van der Waals surface area (Å²) in [6, 6.07) is 0.123. The molecule has 0 spiro atoms. The average molecular weight is 146 g/mol. The largest absolute Gasteiger partial charge is 0.324 e. The second-order valence-corrected chi connectivity index (χ2v) is 2.77. The number of rotatable bonds is 0. The third-order valence-corrected chi connectivity index (χ3v) is 2.02. The lowest BCUT2D eigenvalue weighted by Gasteiger charge is -2.23. The van der Waals surface area contributed by atoms with E-state index in [4.69, 9.17) is 5.73 Å². The van der Waals surface area contributed by atoms with Crippen molar-refractivity contribution in [3.05, 3.63) is 36.1 Å². The Morgan fingerprint density at radius 3 is 3.09 bits per heavy atom. The lowest BCUT2D eigenvalue weighted by atomic mass is 9.87. The van der Waals surface area contributed by atoms with Gasteiger partial charge in [-0.25, -0.2) is 0 Å². The molecule has 11 heavy (non-hydrogen) atoms. The summed E-state index contributed by atoms with van der Waals surface area (Å²) in [6.07, 6.45) is 11.8. The first kappa shape index (κ1) is 6.55. The van der Waals surface area contributed by atoms with Crippen molar-refractivity contribution in [3.8, 4) is 0 Å². The summed E-state index contributed by atoms with van der Waals surface area (Å²) in [5.41, 5.74) is 7.06. The summed E-state index contributed by atoms with van der Waals surface area (Å²) in [5, 5.41) is 0. The normalized spacial score (nSPS) is 33.4. The van der Waals surface area contributed by atoms with Crippen LogP contribution in [0.15, 0.2) is 41.1 Å². The molecule has 2 nitrogen and oxygen atoms in total. The third kappa shape index (κ3) is 1.05. The Labute approximate surface area is 65.8 Å². The molecule has 1 aliphatic carbocycles. The first-order valence-corrected chi connectivity index (χ1v) is 3.72. The number of nitrogens with two attached hydrogens (primary N) is 1. The number of aliphatic imine (C=N–C) groups is 1. The number of fused-ring (bicyclic) bond motifs is 1. The lowest BCUT2D eigenvalue weighted by Crippen LogP contribution is -2.30. The van der Waals surface area contributed by atoms with Crippen molar-refractivity contribution >= 4 is 6.21 Å². The maximum atomic E-state index is 5.85. The van der Waals surface area contributed by atoms with Crippen LogP contribution in [0.25, 0.3) is 0 Å². The van der Waals surface area contributed by atoms with Gasteiger partial charge in [-0.15, -0.1) is 0 Å². The number of hydrogen-bond acceptors (Lipinski definition) is 2. The molecule has 0 radical (unpaired) electrons. The van der Waals surface area contributed by atoms with Gasteiger partial charge < -0.3 is 5.73 Å². The second-order valence-electron chi connectivity index (χ2n) is 2.77. The van der Waals surface area contributed by atoms with Gasteiger partial charge in [-0.05, 0) is 5.57 Å². The molecule has 1 aliphatic heterocycles. The minimum absolute atomic E-state index is 0.123. The quantitative estimate of drug-likeness (QED) is 0.544. The van der Waals surface area contributed by atoms with Gasteiger partial charge in [-0.3, -0.25) is 4.99 Å². The Hall–Kier alpha value is -1.15. The summed E-state index contributed by atoms with van der Waals surface area (Å²) in [5.74, 6) is 0.345. The summed E-state index contributed by atoms with van der Waals surface area (Å²) in [6.45, 7) is 0. The summed E-state index contributed by atoms with van der Waals surface area (Å²) in [7, 11) is 0. The Kier molecular flexibility index (Phi) is 1.47. The monoisotopic (exact) mass is 146 g/mol. The van der Waals surface area contributed by atoms with Crippen molar-refractivity contribution in [1.82, 2.24) is 0 Å². The van der Waals surface area contributed by atoms with Gasteiger partial charge in [0.1, 0.15) is 0 Å². The van der Waals surface area contributed by atoms with Crippen molar-refractivity contribution in [3.63, 3.8) is 0 Å². The maximum Gasteiger partial charge on any atom is 0.0333 e. The Balaban J connectivity index is 2.35. The van der Waals surface area contributed by atoms with Crippen LogP contribution in [-0.4, -0.2) is 12.3 Å². The first-order chi connectivity index (χ1) is 5.38. The van der Waals surface area contributed by atoms with Crippen LogP contribution in [0, 0.1) is 5.92 Å². The molecule has 2 aliphatic rings. The zero-order valence-corrected chi connectivity index (χ0v) is 6.14. The molecule has 2 N–H and O–H groups in total. The van der Waals surface area contributed by atoms with Gasteiger partial charge in [-0.1, -0.05) is 24.3 Å². The van der Waals surface area contributed by atoms with Gasteiger partial charge in [0.2, 0.25) is 0 Å². The van der Waals surface area contributed by atoms with Crippen molar-refractivity contribution < 1.29 is 0 Å². The highest BCUT2D eigenvalue weighted by Crippen LogP contribution is 2.21. The molecule has 0 saturated carbocycles. The average Bonchev–Trinajstić information content (AvgIpc) is 2.06. The third-order valence-electron chi connectivity index (χ3n) is 2.02. The van der Waals surface area contributed by atoms with E-state index in [0.29, 0.717) is 5.92 Å². The van der Waals surface area contributed by atoms with Crippen molar-refractivity contribution in [2.45, 2.75) is 6.04 Å². The van der Waals surface area contributed by atoms with Gasteiger partial charge in [0.25, 0.3) is 0 Å². The van der Waals surface area contributed by atoms with E-state index in [1.54, 1.807) is 6.20 Å². The lowest BCUT2D eigenvalue weighted by molar-refractivity contribution is 0.665. The molecule has 0 aromatic heterocycles. The molecule has 2 heteroatoms. The fourth-order valence-corrected chi connectivity index (χ4v) is 1.39. The SMILES string of the molecule is NC1C=CC=C2C=NC=CC21. The van der Waals surface area contributed by atoms with Crippen LogP contribution >= 0.6 is 0 Å². The Morgan fingerprint density at radius 1 is 1.36 bits per heavy atom. The minimum Gasteiger partial charge on any atom is -0.324 e. The van der Waals surface area contributed by atoms with Crippen LogP contribution in [0.4, 0.5) is 0 Å². The Bertz CT molecular complexity index is 271. The molecular weight excluding hydrogens is 136 g/mol. The molecule has 2 unspecified atom stereocenters. The summed E-state index contributed by atoms with van der Waals surface area (Å²) >= 11 is 0. The topological polar surface area (TPSA) is 38.4 Å². The van der Waals surface area contributed by atoms with E-state index in [2.05, 4.69) is 11.1 Å². The minimum atomic E-state index is 0.123. The van der Waals surface area contributed by atoms with Crippen LogP contribution < -0.4 is 5.73 Å². The van der Waals surface area contributed by atoms with E-state index in [9.17, 15) is 0 Å². The van der Waals surface area contributed by atoms with Crippen molar-refractivity contribution in [2.24, 2.45) is 16.6 Å². The number of allylic oxidation sites excluding steroid dienone is 2. The molecule has 0 amide bonds. The Morgan fingerprint density at radius 2 is 2.27 bits per heavy atom. The highest BCUT2D eigenvalue weighted by Gasteiger charge is 2.19. The molecule has 0 aromatic rings. The van der Waals surface area contributed by atoms with E-state index in [-0.39, 0.29) is 6.04 Å². The summed E-state index contributed by atoms with van der Waals surface area (Å²) < 4.78 is 0. The van der Waals surface area contributed by atoms with Gasteiger partial charge in [0.15, 0.2) is 0 Å². The zero-order valence-electron chi connectivity index (χ0n) is 6.14. The van der Waals surface area contributed by atoms with Gasteiger partial charge in [0.05, 0.1) is 0 Å². The van der Waals surface area contributed by atoms with E-state index in [1.807, 2.05) is 24.4 Å². The molecule has 0 aromatic carbocycles. The van der Waals surface area contributed by atoms with Crippen LogP contribution in [0.3, 0.4) is 0 Å². The predicted molar refractivity (Wildman–Crippen MR) is 46.3 cm³/mol. The van der Waals surface area contributed by atoms with E-state index >= 15 is 0 Å². The van der Waals surface area contributed by atoms with Crippen LogP contribution in [0.2, 0.25) is 0 Å². The molecule has 2 rings (SSSR count). The fourth-order valence-electron chi connectivity index (χ4n) is 1.39.